The van der Waals surface area contributed by atoms with Crippen LogP contribution in [0.3, 0.4) is 0 Å². The molecule has 5 nitrogen and oxygen atoms in total. The van der Waals surface area contributed by atoms with E-state index in [-0.39, 0.29) is 5.91 Å². The first-order chi connectivity index (χ1) is 16.4. The van der Waals surface area contributed by atoms with Crippen molar-refractivity contribution in [2.24, 2.45) is 5.92 Å². The molecule has 0 saturated carbocycles. The molecule has 0 heterocycles. The topological polar surface area (TPSA) is 59.6 Å². The van der Waals surface area contributed by atoms with Gasteiger partial charge >= 0.3 is 0 Å². The van der Waals surface area contributed by atoms with Crippen LogP contribution < -0.4 is 20.1 Å². The molecule has 3 aromatic carbocycles. The summed E-state index contributed by atoms with van der Waals surface area (Å²) in [5.41, 5.74) is 4.69. The van der Waals surface area contributed by atoms with Gasteiger partial charge in [0, 0.05) is 24.3 Å². The molecule has 180 valence electrons. The standard InChI is InChI=1S/C28H33ClN2O3/c1-5-33-26-14-22(13-25(29)27(26)34-18-21-11-9-20(4)10-12-21)17-30-24-8-6-7-23(15-24)28(32)31-16-19(2)3/h6-15,19,30H,5,16-18H2,1-4H3,(H,31,32). The molecule has 1 amide bonds. The Balaban J connectivity index is 1.68. The highest BCUT2D eigenvalue weighted by Crippen LogP contribution is 2.37. The highest BCUT2D eigenvalue weighted by atomic mass is 35.5. The normalized spacial score (nSPS) is 10.8. The Morgan fingerprint density at radius 1 is 1.00 bits per heavy atom. The average molecular weight is 481 g/mol. The van der Waals surface area contributed by atoms with Gasteiger partial charge in [0.1, 0.15) is 6.61 Å². The van der Waals surface area contributed by atoms with Crippen LogP contribution in [0.2, 0.25) is 5.02 Å². The van der Waals surface area contributed by atoms with E-state index in [2.05, 4.69) is 43.5 Å². The van der Waals surface area contributed by atoms with Crippen molar-refractivity contribution < 1.29 is 14.3 Å². The molecule has 3 aromatic rings. The van der Waals surface area contributed by atoms with Gasteiger partial charge in [0.05, 0.1) is 11.6 Å². The number of halogens is 1. The van der Waals surface area contributed by atoms with Gasteiger partial charge in [-0.3, -0.25) is 4.79 Å². The third-order valence-corrected chi connectivity index (χ3v) is 5.45. The Kier molecular flexibility index (Phi) is 9.23. The molecule has 0 aromatic heterocycles. The number of rotatable bonds is 11. The fourth-order valence-electron chi connectivity index (χ4n) is 3.34. The zero-order valence-electron chi connectivity index (χ0n) is 20.3. The molecule has 0 aliphatic rings. The lowest BCUT2D eigenvalue weighted by molar-refractivity contribution is 0.0949. The van der Waals surface area contributed by atoms with E-state index in [0.29, 0.717) is 54.3 Å². The number of nitrogens with one attached hydrogen (secondary N) is 2. The van der Waals surface area contributed by atoms with E-state index >= 15 is 0 Å². The van der Waals surface area contributed by atoms with Gasteiger partial charge in [-0.2, -0.15) is 0 Å². The largest absolute Gasteiger partial charge is 0.490 e. The van der Waals surface area contributed by atoms with Crippen LogP contribution in [-0.4, -0.2) is 19.1 Å². The maximum Gasteiger partial charge on any atom is 0.251 e. The van der Waals surface area contributed by atoms with E-state index in [1.54, 1.807) is 0 Å². The predicted octanol–water partition coefficient (Wildman–Crippen LogP) is 6.62. The smallest absolute Gasteiger partial charge is 0.251 e. The van der Waals surface area contributed by atoms with Crippen LogP contribution in [0, 0.1) is 12.8 Å². The summed E-state index contributed by atoms with van der Waals surface area (Å²) >= 11 is 6.58. The van der Waals surface area contributed by atoms with Crippen LogP contribution in [0.4, 0.5) is 5.69 Å². The fraction of sp³-hybridized carbons (Fsp3) is 0.321. The minimum atomic E-state index is -0.0749. The number of hydrogen-bond donors (Lipinski definition) is 2. The van der Waals surface area contributed by atoms with Crippen molar-refractivity contribution in [3.8, 4) is 11.5 Å². The second kappa shape index (κ2) is 12.3. The number of carbonyl (C=O) groups is 1. The molecule has 0 atom stereocenters. The van der Waals surface area contributed by atoms with E-state index in [0.717, 1.165) is 16.8 Å². The zero-order chi connectivity index (χ0) is 24.5. The molecule has 0 aliphatic heterocycles. The van der Waals surface area contributed by atoms with Gasteiger partial charge in [0.2, 0.25) is 0 Å². The van der Waals surface area contributed by atoms with Gasteiger partial charge in [-0.05, 0) is 61.2 Å². The number of benzene rings is 3. The monoisotopic (exact) mass is 480 g/mol. The number of ether oxygens (including phenoxy) is 2. The molecule has 0 fully saturated rings. The molecule has 0 aliphatic carbocycles. The van der Waals surface area contributed by atoms with Crippen LogP contribution in [0.1, 0.15) is 47.8 Å². The molecule has 6 heteroatoms. The molecular weight excluding hydrogens is 448 g/mol. The van der Waals surface area contributed by atoms with Crippen molar-refractivity contribution in [1.29, 1.82) is 0 Å². The summed E-state index contributed by atoms with van der Waals surface area (Å²) in [6.07, 6.45) is 0. The lowest BCUT2D eigenvalue weighted by atomic mass is 10.1. The van der Waals surface area contributed by atoms with Gasteiger partial charge in [0.25, 0.3) is 5.91 Å². The quantitative estimate of drug-likeness (QED) is 0.323. The number of anilines is 1. The minimum absolute atomic E-state index is 0.0749. The van der Waals surface area contributed by atoms with E-state index < -0.39 is 0 Å². The van der Waals surface area contributed by atoms with Crippen LogP contribution in [0.5, 0.6) is 11.5 Å². The highest BCUT2D eigenvalue weighted by molar-refractivity contribution is 6.32. The van der Waals surface area contributed by atoms with Crippen molar-refractivity contribution in [3.05, 3.63) is 87.9 Å². The van der Waals surface area contributed by atoms with Gasteiger partial charge in [-0.1, -0.05) is 61.3 Å². The fourth-order valence-corrected chi connectivity index (χ4v) is 3.63. The molecule has 3 rings (SSSR count). The van der Waals surface area contributed by atoms with Crippen LogP contribution in [0.15, 0.2) is 60.7 Å². The van der Waals surface area contributed by atoms with Crippen molar-refractivity contribution in [1.82, 2.24) is 5.32 Å². The Hall–Kier alpha value is -3.18. The second-order valence-corrected chi connectivity index (χ2v) is 9.06. The molecule has 0 saturated heterocycles. The SMILES string of the molecule is CCOc1cc(CNc2cccc(C(=O)NCC(C)C)c2)cc(Cl)c1OCc1ccc(C)cc1. The molecule has 0 unspecified atom stereocenters. The van der Waals surface area contributed by atoms with Crippen LogP contribution in [-0.2, 0) is 13.2 Å². The molecule has 2 N–H and O–H groups in total. The summed E-state index contributed by atoms with van der Waals surface area (Å²) < 4.78 is 11.8. The van der Waals surface area contributed by atoms with E-state index in [4.69, 9.17) is 21.1 Å². The third-order valence-electron chi connectivity index (χ3n) is 5.17. The number of aryl methyl sites for hydroxylation is 1. The Bertz CT molecular complexity index is 1100. The van der Waals surface area contributed by atoms with Crippen molar-refractivity contribution >= 4 is 23.2 Å². The number of hydrogen-bond acceptors (Lipinski definition) is 4. The molecule has 0 spiro atoms. The molecule has 0 radical (unpaired) electrons. The number of carbonyl (C=O) groups excluding carboxylic acids is 1. The van der Waals surface area contributed by atoms with Crippen LogP contribution in [0.25, 0.3) is 0 Å². The first-order valence-electron chi connectivity index (χ1n) is 11.6. The van der Waals surface area contributed by atoms with Crippen LogP contribution >= 0.6 is 11.6 Å². The maximum atomic E-state index is 12.4. The highest BCUT2D eigenvalue weighted by Gasteiger charge is 2.14. The summed E-state index contributed by atoms with van der Waals surface area (Å²) in [6.45, 7) is 10.2. The summed E-state index contributed by atoms with van der Waals surface area (Å²) in [5, 5.41) is 6.81. The van der Waals surface area contributed by atoms with E-state index in [1.807, 2.05) is 55.5 Å². The lowest BCUT2D eigenvalue weighted by Crippen LogP contribution is -2.27. The molecule has 34 heavy (non-hydrogen) atoms. The first-order valence-corrected chi connectivity index (χ1v) is 12.0. The Morgan fingerprint density at radius 3 is 2.47 bits per heavy atom. The lowest BCUT2D eigenvalue weighted by Gasteiger charge is -2.16. The van der Waals surface area contributed by atoms with Gasteiger partial charge in [-0.25, -0.2) is 0 Å². The van der Waals surface area contributed by atoms with Crippen molar-refractivity contribution in [2.45, 2.75) is 40.8 Å². The average Bonchev–Trinajstić information content (AvgIpc) is 2.82. The van der Waals surface area contributed by atoms with Gasteiger partial charge in [-0.15, -0.1) is 0 Å². The summed E-state index contributed by atoms with van der Waals surface area (Å²) in [4.78, 5) is 12.4. The third kappa shape index (κ3) is 7.42. The Labute approximate surface area is 207 Å². The van der Waals surface area contributed by atoms with Gasteiger partial charge < -0.3 is 20.1 Å². The Morgan fingerprint density at radius 2 is 1.76 bits per heavy atom. The van der Waals surface area contributed by atoms with Crippen molar-refractivity contribution in [2.75, 3.05) is 18.5 Å². The zero-order valence-corrected chi connectivity index (χ0v) is 21.0. The molecular formula is C28H33ClN2O3. The summed E-state index contributed by atoms with van der Waals surface area (Å²) in [6, 6.07) is 19.5. The summed E-state index contributed by atoms with van der Waals surface area (Å²) in [7, 11) is 0. The molecule has 0 bridgehead atoms. The predicted molar refractivity (Wildman–Crippen MR) is 139 cm³/mol. The first kappa shape index (κ1) is 25.4. The van der Waals surface area contributed by atoms with E-state index in [9.17, 15) is 4.79 Å². The summed E-state index contributed by atoms with van der Waals surface area (Å²) in [5.74, 6) is 1.48. The number of amides is 1. The van der Waals surface area contributed by atoms with Crippen molar-refractivity contribution in [3.63, 3.8) is 0 Å². The second-order valence-electron chi connectivity index (χ2n) is 8.65. The minimum Gasteiger partial charge on any atom is -0.490 e. The maximum absolute atomic E-state index is 12.4. The van der Waals surface area contributed by atoms with E-state index in [1.165, 1.54) is 5.56 Å². The van der Waals surface area contributed by atoms with Gasteiger partial charge in [0.15, 0.2) is 11.5 Å².